The molecule has 0 bridgehead atoms. The number of nitrogens with zero attached hydrogens (tertiary/aromatic N) is 4. The van der Waals surface area contributed by atoms with E-state index in [0.717, 1.165) is 12.0 Å². The highest BCUT2D eigenvalue weighted by atomic mass is 32.1. The molecule has 0 saturated heterocycles. The predicted octanol–water partition coefficient (Wildman–Crippen LogP) is 3.23. The molecule has 1 N–H and O–H groups in total. The molecule has 3 aromatic heterocycles. The third-order valence-electron chi connectivity index (χ3n) is 3.81. The maximum absolute atomic E-state index is 12.3. The second kappa shape index (κ2) is 7.88. The summed E-state index contributed by atoms with van der Waals surface area (Å²) in [7, 11) is 0. The van der Waals surface area contributed by atoms with Gasteiger partial charge in [0.1, 0.15) is 5.69 Å². The summed E-state index contributed by atoms with van der Waals surface area (Å²) in [6.45, 7) is 0.545. The van der Waals surface area contributed by atoms with Gasteiger partial charge in [-0.1, -0.05) is 35.5 Å². The summed E-state index contributed by atoms with van der Waals surface area (Å²) in [6, 6.07) is 13.6. The Morgan fingerprint density at radius 3 is 2.81 bits per heavy atom. The van der Waals surface area contributed by atoms with Gasteiger partial charge in [-0.05, 0) is 24.1 Å². The quantitative estimate of drug-likeness (QED) is 0.554. The van der Waals surface area contributed by atoms with Crippen LogP contribution in [0.5, 0.6) is 0 Å². The molecule has 27 heavy (non-hydrogen) atoms. The molecule has 1 amide bonds. The number of thiazole rings is 1. The average Bonchev–Trinajstić information content (AvgIpc) is 3.39. The summed E-state index contributed by atoms with van der Waals surface area (Å²) < 4.78 is 5.26. The summed E-state index contributed by atoms with van der Waals surface area (Å²) >= 11 is 1.24. The fourth-order valence-electron chi connectivity index (χ4n) is 2.46. The van der Waals surface area contributed by atoms with Gasteiger partial charge in [-0.2, -0.15) is 4.98 Å². The van der Waals surface area contributed by atoms with Gasteiger partial charge in [-0.3, -0.25) is 9.78 Å². The topological polar surface area (TPSA) is 93.8 Å². The highest BCUT2D eigenvalue weighted by molar-refractivity contribution is 7.12. The molecule has 4 aromatic rings. The second-order valence-electron chi connectivity index (χ2n) is 5.69. The molecule has 7 nitrogen and oxygen atoms in total. The van der Waals surface area contributed by atoms with Crippen molar-refractivity contribution in [2.75, 3.05) is 6.54 Å². The molecule has 0 aliphatic carbocycles. The van der Waals surface area contributed by atoms with Gasteiger partial charge in [0, 0.05) is 29.9 Å². The number of hydrogen-bond donors (Lipinski definition) is 1. The molecule has 4 rings (SSSR count). The lowest BCUT2D eigenvalue weighted by molar-refractivity contribution is 0.0954. The minimum atomic E-state index is -0.214. The molecule has 0 radical (unpaired) electrons. The van der Waals surface area contributed by atoms with Gasteiger partial charge in [-0.25, -0.2) is 4.98 Å². The molecule has 0 fully saturated rings. The predicted molar refractivity (Wildman–Crippen MR) is 101 cm³/mol. The number of nitrogens with one attached hydrogen (secondary N) is 1. The number of rotatable bonds is 6. The van der Waals surface area contributed by atoms with Crippen LogP contribution < -0.4 is 5.32 Å². The third kappa shape index (κ3) is 4.06. The van der Waals surface area contributed by atoms with E-state index in [1.54, 1.807) is 23.8 Å². The zero-order valence-corrected chi connectivity index (χ0v) is 15.0. The summed E-state index contributed by atoms with van der Waals surface area (Å²) in [5.41, 5.74) is 2.41. The van der Waals surface area contributed by atoms with Gasteiger partial charge in [0.15, 0.2) is 5.01 Å². The Labute approximate surface area is 159 Å². The summed E-state index contributed by atoms with van der Waals surface area (Å²) in [4.78, 5) is 24.9. The van der Waals surface area contributed by atoms with Crippen molar-refractivity contribution in [3.05, 3.63) is 70.8 Å². The first-order chi connectivity index (χ1) is 13.3. The Bertz CT molecular complexity index is 1030. The van der Waals surface area contributed by atoms with Crippen LogP contribution in [0.25, 0.3) is 23.0 Å². The Morgan fingerprint density at radius 1 is 1.11 bits per heavy atom. The number of aromatic nitrogens is 4. The minimum Gasteiger partial charge on any atom is -0.350 e. The maximum Gasteiger partial charge on any atom is 0.280 e. The largest absolute Gasteiger partial charge is 0.350 e. The van der Waals surface area contributed by atoms with Crippen molar-refractivity contribution in [2.45, 2.75) is 6.42 Å². The zero-order chi connectivity index (χ0) is 18.5. The summed E-state index contributed by atoms with van der Waals surface area (Å²) in [5, 5.41) is 8.90. The molecular weight excluding hydrogens is 362 g/mol. The molecule has 134 valence electrons. The molecule has 1 aromatic carbocycles. The first-order valence-electron chi connectivity index (χ1n) is 8.32. The van der Waals surface area contributed by atoms with E-state index < -0.39 is 0 Å². The van der Waals surface area contributed by atoms with E-state index in [1.165, 1.54) is 16.9 Å². The Hall–Kier alpha value is -3.39. The number of amides is 1. The molecule has 0 aliphatic heterocycles. The van der Waals surface area contributed by atoms with Crippen LogP contribution in [0.4, 0.5) is 0 Å². The van der Waals surface area contributed by atoms with E-state index >= 15 is 0 Å². The lowest BCUT2D eigenvalue weighted by Gasteiger charge is -2.02. The Morgan fingerprint density at radius 2 is 2.00 bits per heavy atom. The van der Waals surface area contributed by atoms with Crippen molar-refractivity contribution in [3.63, 3.8) is 0 Å². The molecular formula is C19H15N5O2S. The fraction of sp³-hybridized carbons (Fsp3) is 0.105. The van der Waals surface area contributed by atoms with Crippen LogP contribution in [0.1, 0.15) is 15.4 Å². The van der Waals surface area contributed by atoms with Crippen LogP contribution in [0, 0.1) is 0 Å². The first kappa shape index (κ1) is 17.0. The van der Waals surface area contributed by atoms with Crippen LogP contribution in [0.15, 0.2) is 64.8 Å². The molecule has 3 heterocycles. The highest BCUT2D eigenvalue weighted by Gasteiger charge is 2.17. The van der Waals surface area contributed by atoms with Crippen LogP contribution in [-0.4, -0.2) is 32.6 Å². The highest BCUT2D eigenvalue weighted by Crippen LogP contribution is 2.23. The van der Waals surface area contributed by atoms with E-state index in [0.29, 0.717) is 23.1 Å². The Kier molecular flexibility index (Phi) is 4.97. The van der Waals surface area contributed by atoms with Gasteiger partial charge in [0.05, 0.1) is 0 Å². The van der Waals surface area contributed by atoms with Crippen molar-refractivity contribution >= 4 is 17.2 Å². The van der Waals surface area contributed by atoms with Crippen molar-refractivity contribution in [2.24, 2.45) is 0 Å². The molecule has 0 saturated carbocycles. The van der Waals surface area contributed by atoms with E-state index in [-0.39, 0.29) is 11.8 Å². The van der Waals surface area contributed by atoms with Crippen molar-refractivity contribution in [1.82, 2.24) is 25.4 Å². The monoisotopic (exact) mass is 377 g/mol. The van der Waals surface area contributed by atoms with Crippen LogP contribution in [-0.2, 0) is 6.42 Å². The third-order valence-corrected chi connectivity index (χ3v) is 4.65. The van der Waals surface area contributed by atoms with Crippen LogP contribution in [0.3, 0.4) is 0 Å². The standard InChI is InChI=1S/C19H15N5O2S/c25-17(21-10-8-13-5-2-1-3-6-13)19-22-15(12-27-19)18-23-16(24-26-18)14-7-4-9-20-11-14/h1-7,9,11-12H,8,10H2,(H,21,25). The second-order valence-corrected chi connectivity index (χ2v) is 6.55. The van der Waals surface area contributed by atoms with Crippen molar-refractivity contribution in [3.8, 4) is 23.0 Å². The normalized spacial score (nSPS) is 10.7. The summed E-state index contributed by atoms with van der Waals surface area (Å²) in [6.07, 6.45) is 4.10. The first-order valence-corrected chi connectivity index (χ1v) is 9.20. The van der Waals surface area contributed by atoms with E-state index in [9.17, 15) is 4.79 Å². The van der Waals surface area contributed by atoms with Crippen molar-refractivity contribution in [1.29, 1.82) is 0 Å². The molecule has 0 unspecified atom stereocenters. The smallest absolute Gasteiger partial charge is 0.280 e. The van der Waals surface area contributed by atoms with Gasteiger partial charge < -0.3 is 9.84 Å². The van der Waals surface area contributed by atoms with E-state index in [2.05, 4.69) is 25.4 Å². The molecule has 0 atom stereocenters. The fourth-order valence-corrected chi connectivity index (χ4v) is 3.16. The Balaban J connectivity index is 1.39. The van der Waals surface area contributed by atoms with Gasteiger partial charge in [0.25, 0.3) is 11.8 Å². The minimum absolute atomic E-state index is 0.214. The lowest BCUT2D eigenvalue weighted by Crippen LogP contribution is -2.25. The zero-order valence-electron chi connectivity index (χ0n) is 14.2. The number of carbonyl (C=O) groups is 1. The van der Waals surface area contributed by atoms with E-state index in [1.807, 2.05) is 36.4 Å². The number of benzene rings is 1. The number of hydrogen-bond acceptors (Lipinski definition) is 7. The van der Waals surface area contributed by atoms with Crippen LogP contribution >= 0.6 is 11.3 Å². The summed E-state index contributed by atoms with van der Waals surface area (Å²) in [5.74, 6) is 0.489. The van der Waals surface area contributed by atoms with Gasteiger partial charge in [-0.15, -0.1) is 11.3 Å². The molecule has 8 heteroatoms. The number of carbonyl (C=O) groups excluding carboxylic acids is 1. The molecule has 0 aliphatic rings. The SMILES string of the molecule is O=C(NCCc1ccccc1)c1nc(-c2nc(-c3cccnc3)no2)cs1. The van der Waals surface area contributed by atoms with Crippen molar-refractivity contribution < 1.29 is 9.32 Å². The lowest BCUT2D eigenvalue weighted by atomic mass is 10.1. The van der Waals surface area contributed by atoms with Gasteiger partial charge >= 0.3 is 0 Å². The molecule has 0 spiro atoms. The number of pyridine rings is 1. The average molecular weight is 377 g/mol. The van der Waals surface area contributed by atoms with Gasteiger partial charge in [0.2, 0.25) is 5.82 Å². The van der Waals surface area contributed by atoms with Crippen LogP contribution in [0.2, 0.25) is 0 Å². The maximum atomic E-state index is 12.3. The van der Waals surface area contributed by atoms with E-state index in [4.69, 9.17) is 4.52 Å².